The smallest absolute Gasteiger partial charge is 0.220 e. The van der Waals surface area contributed by atoms with Gasteiger partial charge in [-0.25, -0.2) is 0 Å². The van der Waals surface area contributed by atoms with Gasteiger partial charge in [0.2, 0.25) is 5.91 Å². The molecule has 0 aliphatic heterocycles. The summed E-state index contributed by atoms with van der Waals surface area (Å²) in [6.45, 7) is 4.33. The van der Waals surface area contributed by atoms with Crippen molar-refractivity contribution in [3.05, 3.63) is 24.3 Å². The van der Waals surface area contributed by atoms with E-state index in [1.807, 2.05) is 0 Å². The summed E-state index contributed by atoms with van der Waals surface area (Å²) in [6.07, 6.45) is 51.3. The Kier molecular flexibility index (Phi) is 39.4. The van der Waals surface area contributed by atoms with Gasteiger partial charge in [0, 0.05) is 6.42 Å². The number of nitrogens with one attached hydrogen (secondary N) is 1. The molecule has 284 valence electrons. The van der Waals surface area contributed by atoms with E-state index in [9.17, 15) is 15.0 Å². The molecule has 0 fully saturated rings. The molecule has 48 heavy (non-hydrogen) atoms. The van der Waals surface area contributed by atoms with Crippen molar-refractivity contribution in [1.82, 2.24) is 5.32 Å². The maximum atomic E-state index is 12.3. The fourth-order valence-corrected chi connectivity index (χ4v) is 6.65. The topological polar surface area (TPSA) is 69.6 Å². The van der Waals surface area contributed by atoms with Gasteiger partial charge in [-0.1, -0.05) is 218 Å². The molecule has 2 atom stereocenters. The number of hydrogen-bond donors (Lipinski definition) is 3. The van der Waals surface area contributed by atoms with Crippen molar-refractivity contribution in [3.8, 4) is 0 Å². The quantitative estimate of drug-likeness (QED) is 0.0448. The average Bonchev–Trinajstić information content (AvgIpc) is 3.09. The number of amides is 1. The third-order valence-electron chi connectivity index (χ3n) is 9.98. The van der Waals surface area contributed by atoms with Crippen molar-refractivity contribution in [3.63, 3.8) is 0 Å². The Bertz CT molecular complexity index is 691. The highest BCUT2D eigenvalue weighted by atomic mass is 16.3. The van der Waals surface area contributed by atoms with E-state index in [2.05, 4.69) is 43.5 Å². The number of carbonyl (C=O) groups is 1. The highest BCUT2D eigenvalue weighted by Crippen LogP contribution is 2.16. The fraction of sp³-hybridized carbons (Fsp3) is 0.886. The maximum absolute atomic E-state index is 12.3. The number of unbranched alkanes of at least 4 members (excludes halogenated alkanes) is 28. The summed E-state index contributed by atoms with van der Waals surface area (Å²) in [7, 11) is 0. The molecule has 1 amide bonds. The summed E-state index contributed by atoms with van der Waals surface area (Å²) in [5, 5.41) is 23.1. The van der Waals surface area contributed by atoms with Gasteiger partial charge in [-0.2, -0.15) is 0 Å². The molecule has 0 aliphatic rings. The molecule has 0 spiro atoms. The van der Waals surface area contributed by atoms with E-state index in [0.29, 0.717) is 19.3 Å². The molecule has 4 heteroatoms. The lowest BCUT2D eigenvalue weighted by atomic mass is 10.0. The van der Waals surface area contributed by atoms with Gasteiger partial charge in [0.1, 0.15) is 0 Å². The molecule has 4 nitrogen and oxygen atoms in total. The van der Waals surface area contributed by atoms with E-state index in [1.54, 1.807) is 0 Å². The predicted octanol–water partition coefficient (Wildman–Crippen LogP) is 13.2. The zero-order valence-corrected chi connectivity index (χ0v) is 32.5. The number of aliphatic hydroxyl groups excluding tert-OH is 2. The minimum Gasteiger partial charge on any atom is -0.394 e. The molecule has 0 heterocycles. The van der Waals surface area contributed by atoms with Crippen molar-refractivity contribution in [2.24, 2.45) is 0 Å². The van der Waals surface area contributed by atoms with Gasteiger partial charge in [-0.3, -0.25) is 4.79 Å². The van der Waals surface area contributed by atoms with Crippen LogP contribution < -0.4 is 5.32 Å². The van der Waals surface area contributed by atoms with Crippen LogP contribution in [0.15, 0.2) is 24.3 Å². The highest BCUT2D eigenvalue weighted by molar-refractivity contribution is 5.76. The summed E-state index contributed by atoms with van der Waals surface area (Å²) in [5.41, 5.74) is 0. The first-order chi connectivity index (χ1) is 23.7. The largest absolute Gasteiger partial charge is 0.394 e. The molecular weight excluding hydrogens is 590 g/mol. The van der Waals surface area contributed by atoms with E-state index < -0.39 is 12.1 Å². The first-order valence-corrected chi connectivity index (χ1v) is 21.5. The van der Waals surface area contributed by atoms with Crippen LogP contribution in [0.5, 0.6) is 0 Å². The Morgan fingerprint density at radius 1 is 0.500 bits per heavy atom. The maximum Gasteiger partial charge on any atom is 0.220 e. The first-order valence-electron chi connectivity index (χ1n) is 21.5. The number of aliphatic hydroxyl groups is 2. The molecule has 2 unspecified atom stereocenters. The van der Waals surface area contributed by atoms with Gasteiger partial charge < -0.3 is 15.5 Å². The summed E-state index contributed by atoms with van der Waals surface area (Å²) in [5.74, 6) is -0.0966. The van der Waals surface area contributed by atoms with E-state index in [1.165, 1.54) is 173 Å². The second kappa shape index (κ2) is 40.3. The van der Waals surface area contributed by atoms with Gasteiger partial charge >= 0.3 is 0 Å². The Morgan fingerprint density at radius 2 is 0.854 bits per heavy atom. The summed E-state index contributed by atoms with van der Waals surface area (Å²) in [6, 6.07) is -0.564. The van der Waals surface area contributed by atoms with Crippen LogP contribution in [0.25, 0.3) is 0 Å². The third kappa shape index (κ3) is 36.2. The summed E-state index contributed by atoms with van der Waals surface area (Å²) < 4.78 is 0. The molecular formula is C44H85NO3. The fourth-order valence-electron chi connectivity index (χ4n) is 6.65. The molecule has 0 aromatic heterocycles. The summed E-state index contributed by atoms with van der Waals surface area (Å²) >= 11 is 0. The zero-order valence-electron chi connectivity index (χ0n) is 32.5. The SMILES string of the molecule is CCCCCCCC/C=C\C/C=C\CCC(=O)NC(CO)C(O)CCCCCCCCCCCCCCCCCCCCCCCCC. The average molecular weight is 676 g/mol. The van der Waals surface area contributed by atoms with Crippen LogP contribution in [-0.4, -0.2) is 34.9 Å². The van der Waals surface area contributed by atoms with E-state index in [4.69, 9.17) is 0 Å². The number of carbonyl (C=O) groups excluding carboxylic acids is 1. The number of hydrogen-bond acceptors (Lipinski definition) is 3. The van der Waals surface area contributed by atoms with E-state index >= 15 is 0 Å². The minimum absolute atomic E-state index is 0.0966. The predicted molar refractivity (Wildman–Crippen MR) is 212 cm³/mol. The number of rotatable bonds is 39. The monoisotopic (exact) mass is 676 g/mol. The first kappa shape index (κ1) is 46.9. The Morgan fingerprint density at radius 3 is 1.25 bits per heavy atom. The van der Waals surface area contributed by atoms with Crippen molar-refractivity contribution < 1.29 is 15.0 Å². The molecule has 0 bridgehead atoms. The van der Waals surface area contributed by atoms with E-state index in [0.717, 1.165) is 25.7 Å². The molecule has 0 aromatic rings. The van der Waals surface area contributed by atoms with Gasteiger partial charge in [-0.05, 0) is 32.1 Å². The number of allylic oxidation sites excluding steroid dienone is 4. The van der Waals surface area contributed by atoms with Crippen LogP contribution in [0.3, 0.4) is 0 Å². The highest BCUT2D eigenvalue weighted by Gasteiger charge is 2.19. The van der Waals surface area contributed by atoms with Gasteiger partial charge in [0.05, 0.1) is 18.8 Å². The zero-order chi connectivity index (χ0) is 35.0. The lowest BCUT2D eigenvalue weighted by molar-refractivity contribution is -0.123. The molecule has 0 saturated carbocycles. The molecule has 3 N–H and O–H groups in total. The lowest BCUT2D eigenvalue weighted by Gasteiger charge is -2.22. The van der Waals surface area contributed by atoms with Crippen molar-refractivity contribution in [2.45, 2.75) is 244 Å². The second-order valence-electron chi connectivity index (χ2n) is 14.8. The van der Waals surface area contributed by atoms with Gasteiger partial charge in [-0.15, -0.1) is 0 Å². The Balaban J connectivity index is 3.52. The molecule has 0 aromatic carbocycles. The Hall–Kier alpha value is -1.13. The van der Waals surface area contributed by atoms with E-state index in [-0.39, 0.29) is 12.5 Å². The second-order valence-corrected chi connectivity index (χ2v) is 14.8. The van der Waals surface area contributed by atoms with Crippen LogP contribution >= 0.6 is 0 Å². The standard InChI is InChI=1S/C44H85NO3/c1-3-5-7-9-11-13-15-17-18-19-20-21-22-23-24-25-26-28-29-31-33-35-37-39-43(47)42(41-46)45-44(48)40-38-36-34-32-30-27-16-14-12-10-8-6-4-2/h27,30,34,36,42-43,46-47H,3-26,28-29,31-33,35,37-41H2,1-2H3,(H,45,48)/b30-27-,36-34-. The van der Waals surface area contributed by atoms with Crippen LogP contribution in [0.4, 0.5) is 0 Å². The normalized spacial score (nSPS) is 13.2. The van der Waals surface area contributed by atoms with Gasteiger partial charge in [0.15, 0.2) is 0 Å². The Labute approximate surface area is 300 Å². The van der Waals surface area contributed by atoms with Crippen molar-refractivity contribution in [2.75, 3.05) is 6.61 Å². The van der Waals surface area contributed by atoms with Crippen LogP contribution in [-0.2, 0) is 4.79 Å². The lowest BCUT2D eigenvalue weighted by Crippen LogP contribution is -2.45. The van der Waals surface area contributed by atoms with Crippen LogP contribution in [0.2, 0.25) is 0 Å². The summed E-state index contributed by atoms with van der Waals surface area (Å²) in [4.78, 5) is 12.3. The minimum atomic E-state index is -0.679. The van der Waals surface area contributed by atoms with Crippen LogP contribution in [0.1, 0.15) is 232 Å². The van der Waals surface area contributed by atoms with Crippen LogP contribution in [0, 0.1) is 0 Å². The van der Waals surface area contributed by atoms with Gasteiger partial charge in [0.25, 0.3) is 0 Å². The van der Waals surface area contributed by atoms with Crippen molar-refractivity contribution in [1.29, 1.82) is 0 Å². The molecule has 0 aliphatic carbocycles. The molecule has 0 radical (unpaired) electrons. The van der Waals surface area contributed by atoms with Crippen molar-refractivity contribution >= 4 is 5.91 Å². The molecule has 0 saturated heterocycles. The molecule has 0 rings (SSSR count). The third-order valence-corrected chi connectivity index (χ3v) is 9.98.